The molecule has 0 unspecified atom stereocenters. The molecule has 1 aliphatic rings. The Hall–Kier alpha value is -1.53. The molecule has 1 aromatic heterocycles. The molecule has 1 saturated carbocycles. The molecule has 0 spiro atoms. The molecule has 1 aromatic rings. The van der Waals surface area contributed by atoms with Crippen molar-refractivity contribution in [2.24, 2.45) is 0 Å². The number of aromatic nitrogens is 1. The summed E-state index contributed by atoms with van der Waals surface area (Å²) in [5, 5.41) is 21.4. The third-order valence-corrected chi connectivity index (χ3v) is 3.70. The van der Waals surface area contributed by atoms with Crippen LogP contribution in [0, 0.1) is 0 Å². The van der Waals surface area contributed by atoms with Crippen LogP contribution in [-0.4, -0.2) is 39.4 Å². The van der Waals surface area contributed by atoms with Crippen molar-refractivity contribution >= 4 is 11.6 Å². The second-order valence-electron chi connectivity index (χ2n) is 5.20. The van der Waals surface area contributed by atoms with Gasteiger partial charge in [0.1, 0.15) is 5.69 Å². The number of aliphatic hydroxyl groups excluding tert-OH is 2. The normalized spacial score (nSPS) is 15.5. The minimum Gasteiger partial charge on any atom is -0.397 e. The Balaban J connectivity index is 2.19. The molecule has 106 valence electrons. The zero-order chi connectivity index (χ0) is 14.0. The number of carbonyl (C=O) groups excluding carboxylic acids is 1. The third kappa shape index (κ3) is 2.74. The fraction of sp³-hybridized carbons (Fsp3) is 0.615. The molecule has 6 nitrogen and oxygen atoms in total. The highest BCUT2D eigenvalue weighted by molar-refractivity contribution is 5.94. The van der Waals surface area contributed by atoms with Gasteiger partial charge in [-0.25, -0.2) is 0 Å². The van der Waals surface area contributed by atoms with Gasteiger partial charge in [0.05, 0.1) is 24.4 Å². The molecule has 1 amide bonds. The van der Waals surface area contributed by atoms with Gasteiger partial charge in [-0.2, -0.15) is 0 Å². The maximum absolute atomic E-state index is 12.3. The number of hydrogen-bond acceptors (Lipinski definition) is 4. The Labute approximate surface area is 112 Å². The van der Waals surface area contributed by atoms with E-state index in [-0.39, 0.29) is 19.1 Å². The van der Waals surface area contributed by atoms with Crippen LogP contribution in [0.5, 0.6) is 0 Å². The van der Waals surface area contributed by atoms with Crippen LogP contribution in [-0.2, 0) is 0 Å². The molecule has 0 aromatic carbocycles. The maximum atomic E-state index is 12.3. The summed E-state index contributed by atoms with van der Waals surface area (Å²) in [5.41, 5.74) is 5.80. The second-order valence-corrected chi connectivity index (χ2v) is 5.20. The van der Waals surface area contributed by atoms with E-state index >= 15 is 0 Å². The van der Waals surface area contributed by atoms with E-state index in [4.69, 9.17) is 5.73 Å². The number of nitrogens with one attached hydrogen (secondary N) is 1. The number of carbonyl (C=O) groups is 1. The van der Waals surface area contributed by atoms with Crippen LogP contribution in [0.1, 0.15) is 42.7 Å². The summed E-state index contributed by atoms with van der Waals surface area (Å²) in [4.78, 5) is 12.3. The number of hydrogen-bond donors (Lipinski definition) is 4. The van der Waals surface area contributed by atoms with Crippen molar-refractivity contribution in [3.8, 4) is 0 Å². The predicted octanol–water partition coefficient (Wildman–Crippen LogP) is 0.268. The molecule has 0 radical (unpaired) electrons. The Morgan fingerprint density at radius 1 is 1.53 bits per heavy atom. The molecule has 0 aliphatic heterocycles. The first-order valence-corrected chi connectivity index (χ1v) is 6.57. The summed E-state index contributed by atoms with van der Waals surface area (Å²) in [6.07, 6.45) is 4.31. The fourth-order valence-corrected chi connectivity index (χ4v) is 2.08. The fourth-order valence-electron chi connectivity index (χ4n) is 2.08. The second kappa shape index (κ2) is 5.22. The summed E-state index contributed by atoms with van der Waals surface area (Å²) in [6, 6.07) is 1.97. The van der Waals surface area contributed by atoms with Crippen LogP contribution in [0.2, 0.25) is 0 Å². The van der Waals surface area contributed by atoms with E-state index in [2.05, 4.69) is 5.32 Å². The van der Waals surface area contributed by atoms with Crippen molar-refractivity contribution in [3.63, 3.8) is 0 Å². The van der Waals surface area contributed by atoms with Gasteiger partial charge in [-0.05, 0) is 25.3 Å². The third-order valence-electron chi connectivity index (χ3n) is 3.70. The Morgan fingerprint density at radius 2 is 2.16 bits per heavy atom. The molecule has 0 bridgehead atoms. The average Bonchev–Trinajstić information content (AvgIpc) is 3.19. The van der Waals surface area contributed by atoms with Crippen molar-refractivity contribution in [1.29, 1.82) is 0 Å². The quantitative estimate of drug-likeness (QED) is 0.594. The lowest BCUT2D eigenvalue weighted by Crippen LogP contribution is -2.54. The first-order chi connectivity index (χ1) is 9.05. The largest absolute Gasteiger partial charge is 0.397 e. The summed E-state index contributed by atoms with van der Waals surface area (Å²) in [5.74, 6) is -0.312. The maximum Gasteiger partial charge on any atom is 0.268 e. The van der Waals surface area contributed by atoms with Crippen molar-refractivity contribution in [2.45, 2.75) is 37.8 Å². The molecule has 19 heavy (non-hydrogen) atoms. The van der Waals surface area contributed by atoms with Crippen molar-refractivity contribution in [3.05, 3.63) is 18.0 Å². The average molecular weight is 267 g/mol. The van der Waals surface area contributed by atoms with Gasteiger partial charge in [0.15, 0.2) is 0 Å². The Morgan fingerprint density at radius 3 is 2.63 bits per heavy atom. The smallest absolute Gasteiger partial charge is 0.268 e. The van der Waals surface area contributed by atoms with Crippen molar-refractivity contribution in [2.75, 3.05) is 18.9 Å². The lowest BCUT2D eigenvalue weighted by Gasteiger charge is -2.29. The van der Waals surface area contributed by atoms with Gasteiger partial charge in [0.2, 0.25) is 0 Å². The Bertz CT molecular complexity index is 453. The van der Waals surface area contributed by atoms with Gasteiger partial charge in [0, 0.05) is 12.2 Å². The van der Waals surface area contributed by atoms with Crippen LogP contribution < -0.4 is 11.1 Å². The summed E-state index contributed by atoms with van der Waals surface area (Å²) >= 11 is 0. The molecule has 0 saturated heterocycles. The minimum atomic E-state index is -0.982. The number of nitrogens with zero attached hydrogens (tertiary/aromatic N) is 1. The molecule has 1 fully saturated rings. The number of anilines is 1. The molecule has 0 atom stereocenters. The van der Waals surface area contributed by atoms with Gasteiger partial charge < -0.3 is 25.8 Å². The first kappa shape index (κ1) is 13.9. The van der Waals surface area contributed by atoms with Gasteiger partial charge in [-0.1, -0.05) is 6.92 Å². The monoisotopic (exact) mass is 267 g/mol. The highest BCUT2D eigenvalue weighted by Gasteiger charge is 2.32. The highest BCUT2D eigenvalue weighted by atomic mass is 16.3. The summed E-state index contributed by atoms with van der Waals surface area (Å²) < 4.78 is 1.87. The van der Waals surface area contributed by atoms with E-state index in [1.807, 2.05) is 4.57 Å². The summed E-state index contributed by atoms with van der Waals surface area (Å²) in [6.45, 7) is 1.21. The molecule has 6 heteroatoms. The number of nitrogen functional groups attached to an aromatic ring is 1. The van der Waals surface area contributed by atoms with Gasteiger partial charge in [-0.15, -0.1) is 0 Å². The summed E-state index contributed by atoms with van der Waals surface area (Å²) in [7, 11) is 0. The zero-order valence-corrected chi connectivity index (χ0v) is 11.1. The predicted molar refractivity (Wildman–Crippen MR) is 71.8 cm³/mol. The van der Waals surface area contributed by atoms with Gasteiger partial charge in [-0.3, -0.25) is 4.79 Å². The van der Waals surface area contributed by atoms with Crippen LogP contribution in [0.4, 0.5) is 5.69 Å². The van der Waals surface area contributed by atoms with E-state index in [0.29, 0.717) is 23.8 Å². The van der Waals surface area contributed by atoms with Crippen LogP contribution >= 0.6 is 0 Å². The lowest BCUT2D eigenvalue weighted by molar-refractivity contribution is 0.0645. The van der Waals surface area contributed by atoms with E-state index in [1.165, 1.54) is 0 Å². The first-order valence-electron chi connectivity index (χ1n) is 6.57. The van der Waals surface area contributed by atoms with E-state index in [0.717, 1.165) is 12.8 Å². The number of rotatable bonds is 6. The number of aliphatic hydroxyl groups is 2. The van der Waals surface area contributed by atoms with Crippen molar-refractivity contribution in [1.82, 2.24) is 9.88 Å². The standard InChI is InChI=1S/C13H21N3O3/c1-2-13(7-17,8-18)15-12(19)11-5-9(14)6-16(11)10-3-4-10/h5-6,10,17-18H,2-4,7-8,14H2,1H3,(H,15,19). The zero-order valence-electron chi connectivity index (χ0n) is 11.1. The van der Waals surface area contributed by atoms with E-state index < -0.39 is 5.54 Å². The molecular formula is C13H21N3O3. The van der Waals surface area contributed by atoms with Gasteiger partial charge in [0.25, 0.3) is 5.91 Å². The molecule has 1 aliphatic carbocycles. The molecule has 5 N–H and O–H groups in total. The highest BCUT2D eigenvalue weighted by Crippen LogP contribution is 2.37. The molecular weight excluding hydrogens is 246 g/mol. The van der Waals surface area contributed by atoms with Crippen LogP contribution in [0.15, 0.2) is 12.3 Å². The minimum absolute atomic E-state index is 0.300. The lowest BCUT2D eigenvalue weighted by atomic mass is 9.98. The number of nitrogens with two attached hydrogens (primary N) is 1. The van der Waals surface area contributed by atoms with E-state index in [1.54, 1.807) is 19.2 Å². The van der Waals surface area contributed by atoms with Crippen LogP contribution in [0.3, 0.4) is 0 Å². The number of amides is 1. The Kier molecular flexibility index (Phi) is 3.82. The van der Waals surface area contributed by atoms with Crippen LogP contribution in [0.25, 0.3) is 0 Å². The molecule has 2 rings (SSSR count). The SMILES string of the molecule is CCC(CO)(CO)NC(=O)c1cc(N)cn1C1CC1. The van der Waals surface area contributed by atoms with Crippen molar-refractivity contribution < 1.29 is 15.0 Å². The van der Waals surface area contributed by atoms with Gasteiger partial charge >= 0.3 is 0 Å². The topological polar surface area (TPSA) is 101 Å². The molecule has 1 heterocycles. The van der Waals surface area contributed by atoms with E-state index in [9.17, 15) is 15.0 Å².